The molecule has 0 spiro atoms. The van der Waals surface area contributed by atoms with E-state index in [4.69, 9.17) is 10.00 Å². The minimum atomic E-state index is -0.835. The Hall–Kier alpha value is -3.92. The predicted molar refractivity (Wildman–Crippen MR) is 91.6 cm³/mol. The molecule has 0 aromatic heterocycles. The highest BCUT2D eigenvalue weighted by Crippen LogP contribution is 2.18. The van der Waals surface area contributed by atoms with Crippen LogP contribution in [0.1, 0.15) is 16.7 Å². The van der Waals surface area contributed by atoms with Gasteiger partial charge in [0, 0.05) is 5.56 Å². The number of imide groups is 2. The first kappa shape index (κ1) is 16.9. The average Bonchev–Trinajstić information content (AvgIpc) is 2.64. The normalized spacial score (nSPS) is 13.5. The Kier molecular flexibility index (Phi) is 4.76. The third-order valence-electron chi connectivity index (χ3n) is 3.67. The Morgan fingerprint density at radius 3 is 2.27 bits per heavy atom. The minimum Gasteiger partial charge on any atom is -0.489 e. The maximum Gasteiger partial charge on any atom is 0.328 e. The Balaban J connectivity index is 1.70. The van der Waals surface area contributed by atoms with Crippen molar-refractivity contribution in [3.05, 3.63) is 70.8 Å². The van der Waals surface area contributed by atoms with Crippen molar-refractivity contribution in [2.45, 2.75) is 6.61 Å². The first-order chi connectivity index (χ1) is 12.6. The SMILES string of the molecule is N#Cc1ccccc1COc1ccc(C=C2C(=O)NC(=O)NC2=O)cc1. The van der Waals surface area contributed by atoms with Gasteiger partial charge in [-0.15, -0.1) is 0 Å². The number of nitrogens with zero attached hydrogens (tertiary/aromatic N) is 1. The van der Waals surface area contributed by atoms with Crippen molar-refractivity contribution in [1.82, 2.24) is 10.6 Å². The number of carbonyl (C=O) groups excluding carboxylic acids is 3. The van der Waals surface area contributed by atoms with Crippen LogP contribution in [0.15, 0.2) is 54.1 Å². The van der Waals surface area contributed by atoms with E-state index < -0.39 is 17.8 Å². The fourth-order valence-corrected chi connectivity index (χ4v) is 2.35. The van der Waals surface area contributed by atoms with Crippen LogP contribution in [-0.2, 0) is 16.2 Å². The van der Waals surface area contributed by atoms with Gasteiger partial charge in [0.1, 0.15) is 17.9 Å². The number of rotatable bonds is 4. The summed E-state index contributed by atoms with van der Waals surface area (Å²) in [6.07, 6.45) is 1.38. The molecule has 1 saturated heterocycles. The van der Waals surface area contributed by atoms with E-state index in [9.17, 15) is 14.4 Å². The molecule has 2 N–H and O–H groups in total. The molecule has 128 valence electrons. The molecule has 1 fully saturated rings. The molecule has 0 radical (unpaired) electrons. The van der Waals surface area contributed by atoms with Crippen LogP contribution in [0.3, 0.4) is 0 Å². The number of urea groups is 1. The van der Waals surface area contributed by atoms with Gasteiger partial charge < -0.3 is 4.74 Å². The molecular formula is C19H13N3O4. The standard InChI is InChI=1S/C19H13N3O4/c20-10-13-3-1-2-4-14(13)11-26-15-7-5-12(6-8-15)9-16-17(23)21-19(25)22-18(16)24/h1-9H,11H2,(H2,21,22,23,24,25). The number of nitriles is 1. The molecular weight excluding hydrogens is 334 g/mol. The van der Waals surface area contributed by atoms with Crippen LogP contribution in [-0.4, -0.2) is 17.8 Å². The number of hydrogen-bond donors (Lipinski definition) is 2. The van der Waals surface area contributed by atoms with Gasteiger partial charge in [-0.3, -0.25) is 20.2 Å². The van der Waals surface area contributed by atoms with Crippen molar-refractivity contribution < 1.29 is 19.1 Å². The number of amides is 4. The van der Waals surface area contributed by atoms with Crippen LogP contribution in [0.5, 0.6) is 5.75 Å². The van der Waals surface area contributed by atoms with E-state index in [0.717, 1.165) is 5.56 Å². The lowest BCUT2D eigenvalue weighted by atomic mass is 10.1. The predicted octanol–water partition coefficient (Wildman–Crippen LogP) is 1.89. The second-order valence-corrected chi connectivity index (χ2v) is 5.42. The van der Waals surface area contributed by atoms with Crippen LogP contribution in [0, 0.1) is 11.3 Å². The van der Waals surface area contributed by atoms with E-state index in [1.165, 1.54) is 6.08 Å². The largest absolute Gasteiger partial charge is 0.489 e. The summed E-state index contributed by atoms with van der Waals surface area (Å²) in [5.74, 6) is -0.910. The molecule has 1 aliphatic heterocycles. The first-order valence-corrected chi connectivity index (χ1v) is 7.66. The van der Waals surface area contributed by atoms with Crippen LogP contribution in [0.25, 0.3) is 6.08 Å². The number of benzene rings is 2. The Labute approximate surface area is 148 Å². The molecule has 26 heavy (non-hydrogen) atoms. The summed E-state index contributed by atoms with van der Waals surface area (Å²) in [5, 5.41) is 13.1. The first-order valence-electron chi connectivity index (χ1n) is 7.66. The summed E-state index contributed by atoms with van der Waals surface area (Å²) in [5.41, 5.74) is 1.78. The second-order valence-electron chi connectivity index (χ2n) is 5.42. The fourth-order valence-electron chi connectivity index (χ4n) is 2.35. The molecule has 0 aliphatic carbocycles. The summed E-state index contributed by atoms with van der Waals surface area (Å²) in [7, 11) is 0. The number of barbiturate groups is 1. The maximum atomic E-state index is 11.7. The molecule has 1 heterocycles. The van der Waals surface area contributed by atoms with Crippen molar-refractivity contribution in [3.63, 3.8) is 0 Å². The van der Waals surface area contributed by atoms with Gasteiger partial charge in [-0.05, 0) is 29.8 Å². The van der Waals surface area contributed by atoms with Gasteiger partial charge in [0.05, 0.1) is 11.6 Å². The number of nitrogens with one attached hydrogen (secondary N) is 2. The topological polar surface area (TPSA) is 108 Å². The summed E-state index contributed by atoms with van der Waals surface area (Å²) in [6, 6.07) is 15.2. The molecule has 0 bridgehead atoms. The van der Waals surface area contributed by atoms with Crippen molar-refractivity contribution in [2.24, 2.45) is 0 Å². The second kappa shape index (κ2) is 7.32. The summed E-state index contributed by atoms with van der Waals surface area (Å²) in [6.45, 7) is 0.247. The number of hydrogen-bond acceptors (Lipinski definition) is 5. The van der Waals surface area contributed by atoms with Crippen molar-refractivity contribution in [2.75, 3.05) is 0 Å². The monoisotopic (exact) mass is 347 g/mol. The summed E-state index contributed by atoms with van der Waals surface area (Å²) >= 11 is 0. The zero-order chi connectivity index (χ0) is 18.5. The average molecular weight is 347 g/mol. The van der Waals surface area contributed by atoms with Gasteiger partial charge >= 0.3 is 6.03 Å². The Bertz CT molecular complexity index is 933. The van der Waals surface area contributed by atoms with Gasteiger partial charge in [-0.25, -0.2) is 4.79 Å². The highest BCUT2D eigenvalue weighted by atomic mass is 16.5. The van der Waals surface area contributed by atoms with Gasteiger partial charge in [-0.2, -0.15) is 5.26 Å². The van der Waals surface area contributed by atoms with Gasteiger partial charge in [0.15, 0.2) is 0 Å². The Morgan fingerprint density at radius 1 is 0.962 bits per heavy atom. The zero-order valence-corrected chi connectivity index (χ0v) is 13.5. The maximum absolute atomic E-state index is 11.7. The van der Waals surface area contributed by atoms with Crippen LogP contribution in [0.4, 0.5) is 4.79 Å². The van der Waals surface area contributed by atoms with E-state index in [2.05, 4.69) is 6.07 Å². The van der Waals surface area contributed by atoms with Crippen molar-refractivity contribution in [3.8, 4) is 11.8 Å². The van der Waals surface area contributed by atoms with E-state index in [0.29, 0.717) is 16.9 Å². The molecule has 7 nitrogen and oxygen atoms in total. The zero-order valence-electron chi connectivity index (χ0n) is 13.5. The van der Waals surface area contributed by atoms with Gasteiger partial charge in [-0.1, -0.05) is 30.3 Å². The molecule has 7 heteroatoms. The lowest BCUT2D eigenvalue weighted by molar-refractivity contribution is -0.123. The molecule has 2 aromatic rings. The highest BCUT2D eigenvalue weighted by Gasteiger charge is 2.27. The van der Waals surface area contributed by atoms with Crippen LogP contribution < -0.4 is 15.4 Å². The molecule has 0 unspecified atom stereocenters. The number of carbonyl (C=O) groups is 3. The minimum absolute atomic E-state index is 0.152. The van der Waals surface area contributed by atoms with E-state index >= 15 is 0 Å². The van der Waals surface area contributed by atoms with E-state index in [1.54, 1.807) is 36.4 Å². The lowest BCUT2D eigenvalue weighted by Gasteiger charge is -2.14. The lowest BCUT2D eigenvalue weighted by Crippen LogP contribution is -2.51. The highest BCUT2D eigenvalue weighted by molar-refractivity contribution is 6.31. The molecule has 0 saturated carbocycles. The molecule has 1 aliphatic rings. The van der Waals surface area contributed by atoms with Crippen molar-refractivity contribution >= 4 is 23.9 Å². The van der Waals surface area contributed by atoms with E-state index in [1.807, 2.05) is 22.8 Å². The van der Waals surface area contributed by atoms with Crippen LogP contribution >= 0.6 is 0 Å². The van der Waals surface area contributed by atoms with Crippen molar-refractivity contribution in [1.29, 1.82) is 5.26 Å². The molecule has 0 atom stereocenters. The quantitative estimate of drug-likeness (QED) is 0.648. The van der Waals surface area contributed by atoms with E-state index in [-0.39, 0.29) is 12.2 Å². The summed E-state index contributed by atoms with van der Waals surface area (Å²) < 4.78 is 5.66. The van der Waals surface area contributed by atoms with Gasteiger partial charge in [0.2, 0.25) is 0 Å². The third-order valence-corrected chi connectivity index (χ3v) is 3.67. The van der Waals surface area contributed by atoms with Gasteiger partial charge in [0.25, 0.3) is 11.8 Å². The molecule has 3 rings (SSSR count). The smallest absolute Gasteiger partial charge is 0.328 e. The Morgan fingerprint density at radius 2 is 1.62 bits per heavy atom. The number of ether oxygens (including phenoxy) is 1. The fraction of sp³-hybridized carbons (Fsp3) is 0.0526. The van der Waals surface area contributed by atoms with Crippen LogP contribution in [0.2, 0.25) is 0 Å². The molecule has 2 aromatic carbocycles. The molecule has 4 amide bonds. The summed E-state index contributed by atoms with van der Waals surface area (Å²) in [4.78, 5) is 34.4. The third kappa shape index (κ3) is 3.76.